The van der Waals surface area contributed by atoms with Gasteiger partial charge >= 0.3 is 5.97 Å². The van der Waals surface area contributed by atoms with Gasteiger partial charge in [-0.15, -0.1) is 0 Å². The van der Waals surface area contributed by atoms with Gasteiger partial charge in [0.25, 0.3) is 0 Å². The smallest absolute Gasteiger partial charge is 0.322 e. The summed E-state index contributed by atoms with van der Waals surface area (Å²) in [5, 5.41) is 3.28. The Morgan fingerprint density at radius 3 is 2.35 bits per heavy atom. The summed E-state index contributed by atoms with van der Waals surface area (Å²) < 4.78 is 5.08. The number of rotatable bonds is 7. The van der Waals surface area contributed by atoms with E-state index in [-0.39, 0.29) is 16.8 Å². The number of methoxy groups -OCH3 is 1. The Morgan fingerprint density at radius 2 is 1.94 bits per heavy atom. The molecule has 0 radical (unpaired) electrons. The average molecular weight is 261 g/mol. The van der Waals surface area contributed by atoms with Crippen LogP contribution in [-0.4, -0.2) is 36.2 Å². The van der Waals surface area contributed by atoms with E-state index in [0.717, 1.165) is 18.7 Å². The van der Waals surface area contributed by atoms with Crippen LogP contribution in [0.3, 0.4) is 0 Å². The molecule has 1 atom stereocenters. The van der Waals surface area contributed by atoms with Crippen molar-refractivity contribution in [2.24, 2.45) is 5.92 Å². The van der Waals surface area contributed by atoms with E-state index in [1.165, 1.54) is 7.11 Å². The molecule has 0 saturated heterocycles. The fourth-order valence-corrected chi connectivity index (χ4v) is 2.30. The van der Waals surface area contributed by atoms with Crippen LogP contribution in [-0.2, 0) is 9.53 Å². The summed E-state index contributed by atoms with van der Waals surface area (Å²) in [6.07, 6.45) is 0.826. The summed E-state index contributed by atoms with van der Waals surface area (Å²) in [5.74, 6) is 1.34. The Balaban J connectivity index is 3.96. The van der Waals surface area contributed by atoms with Crippen LogP contribution in [0.2, 0.25) is 0 Å². The van der Waals surface area contributed by atoms with Gasteiger partial charge in [0.2, 0.25) is 0 Å². The molecule has 0 heterocycles. The number of carbonyl (C=O) groups is 1. The first-order chi connectivity index (χ1) is 7.76. The molecule has 0 saturated carbocycles. The summed E-state index contributed by atoms with van der Waals surface area (Å²) in [6, 6.07) is -0.166. The predicted molar refractivity (Wildman–Crippen MR) is 75.5 cm³/mol. The first kappa shape index (κ1) is 16.8. The van der Waals surface area contributed by atoms with Crippen molar-refractivity contribution in [1.29, 1.82) is 0 Å². The zero-order chi connectivity index (χ0) is 13.5. The van der Waals surface area contributed by atoms with E-state index < -0.39 is 0 Å². The Hall–Kier alpha value is -0.220. The Morgan fingerprint density at radius 1 is 1.35 bits per heavy atom. The summed E-state index contributed by atoms with van der Waals surface area (Å²) >= 11 is 1.90. The molecule has 1 N–H and O–H groups in total. The molecule has 3 nitrogen and oxygen atoms in total. The first-order valence-corrected chi connectivity index (χ1v) is 7.20. The Bertz CT molecular complexity index is 224. The minimum atomic E-state index is -0.166. The van der Waals surface area contributed by atoms with Gasteiger partial charge in [-0.25, -0.2) is 0 Å². The highest BCUT2D eigenvalue weighted by atomic mass is 32.2. The molecule has 0 aliphatic carbocycles. The molecule has 0 rings (SSSR count). The minimum Gasteiger partial charge on any atom is -0.468 e. The number of carbonyl (C=O) groups excluding carboxylic acids is 1. The van der Waals surface area contributed by atoms with E-state index in [0.29, 0.717) is 5.92 Å². The average Bonchev–Trinajstić information content (AvgIpc) is 2.19. The lowest BCUT2D eigenvalue weighted by Gasteiger charge is -2.21. The van der Waals surface area contributed by atoms with Crippen LogP contribution in [0.5, 0.6) is 0 Å². The monoisotopic (exact) mass is 261 g/mol. The van der Waals surface area contributed by atoms with Crippen molar-refractivity contribution in [2.75, 3.05) is 19.4 Å². The van der Waals surface area contributed by atoms with E-state index >= 15 is 0 Å². The molecule has 1 unspecified atom stereocenters. The maximum absolute atomic E-state index is 11.5. The highest BCUT2D eigenvalue weighted by molar-refractivity contribution is 8.00. The van der Waals surface area contributed by atoms with Crippen molar-refractivity contribution in [1.82, 2.24) is 5.32 Å². The van der Waals surface area contributed by atoms with Crippen LogP contribution >= 0.6 is 11.8 Å². The van der Waals surface area contributed by atoms with Gasteiger partial charge in [0, 0.05) is 17.0 Å². The first-order valence-electron chi connectivity index (χ1n) is 6.21. The quantitative estimate of drug-likeness (QED) is 0.565. The van der Waals surface area contributed by atoms with Gasteiger partial charge in [0.1, 0.15) is 6.04 Å². The number of hydrogen-bond donors (Lipinski definition) is 1. The molecule has 0 aromatic heterocycles. The number of thioether (sulfide) groups is 1. The zero-order valence-electron chi connectivity index (χ0n) is 12.0. The number of esters is 1. The molecule has 102 valence electrons. The van der Waals surface area contributed by atoms with Crippen molar-refractivity contribution < 1.29 is 9.53 Å². The van der Waals surface area contributed by atoms with E-state index in [9.17, 15) is 4.79 Å². The molecule has 0 spiro atoms. The molecular formula is C13H27NO2S. The maximum Gasteiger partial charge on any atom is 0.322 e. The standard InChI is InChI=1S/C13H27NO2S/c1-10(2)9-11(12(15)16-6)14-7-8-17-13(3,4)5/h10-11,14H,7-9H2,1-6H3. The van der Waals surface area contributed by atoms with Crippen molar-refractivity contribution >= 4 is 17.7 Å². The fourth-order valence-electron chi connectivity index (χ4n) is 1.47. The van der Waals surface area contributed by atoms with Gasteiger partial charge in [-0.3, -0.25) is 4.79 Å². The molecule has 4 heteroatoms. The summed E-state index contributed by atoms with van der Waals surface area (Å²) in [7, 11) is 1.45. The second-order valence-corrected chi connectivity index (χ2v) is 7.54. The van der Waals surface area contributed by atoms with Crippen LogP contribution in [0, 0.1) is 5.92 Å². The van der Waals surface area contributed by atoms with Crippen LogP contribution in [0.4, 0.5) is 0 Å². The topological polar surface area (TPSA) is 38.3 Å². The van der Waals surface area contributed by atoms with Crippen LogP contribution in [0.1, 0.15) is 41.0 Å². The van der Waals surface area contributed by atoms with E-state index in [2.05, 4.69) is 39.9 Å². The lowest BCUT2D eigenvalue weighted by atomic mass is 10.0. The SMILES string of the molecule is COC(=O)C(CC(C)C)NCCSC(C)(C)C. The summed E-state index contributed by atoms with van der Waals surface area (Å²) in [4.78, 5) is 11.5. The van der Waals surface area contributed by atoms with E-state index in [1.807, 2.05) is 11.8 Å². The lowest BCUT2D eigenvalue weighted by molar-refractivity contribution is -0.143. The van der Waals surface area contributed by atoms with Crippen molar-refractivity contribution in [2.45, 2.75) is 51.8 Å². The summed E-state index contributed by atoms with van der Waals surface area (Å²) in [6.45, 7) is 11.7. The Kier molecular flexibility index (Phi) is 7.88. The van der Waals surface area contributed by atoms with E-state index in [4.69, 9.17) is 4.74 Å². The fraction of sp³-hybridized carbons (Fsp3) is 0.923. The third-order valence-electron chi connectivity index (χ3n) is 2.22. The highest BCUT2D eigenvalue weighted by Gasteiger charge is 2.19. The lowest BCUT2D eigenvalue weighted by Crippen LogP contribution is -2.40. The van der Waals surface area contributed by atoms with Gasteiger partial charge in [-0.2, -0.15) is 11.8 Å². The molecule has 0 amide bonds. The second kappa shape index (κ2) is 7.98. The van der Waals surface area contributed by atoms with Crippen LogP contribution in [0.25, 0.3) is 0 Å². The van der Waals surface area contributed by atoms with Crippen LogP contribution < -0.4 is 5.32 Å². The number of nitrogens with one attached hydrogen (secondary N) is 1. The molecule has 0 aromatic carbocycles. The van der Waals surface area contributed by atoms with Crippen molar-refractivity contribution in [3.05, 3.63) is 0 Å². The van der Waals surface area contributed by atoms with E-state index in [1.54, 1.807) is 0 Å². The number of ether oxygens (including phenoxy) is 1. The third-order valence-corrected chi connectivity index (χ3v) is 3.49. The molecule has 0 aliphatic heterocycles. The maximum atomic E-state index is 11.5. The molecule has 0 bridgehead atoms. The highest BCUT2D eigenvalue weighted by Crippen LogP contribution is 2.22. The summed E-state index contributed by atoms with van der Waals surface area (Å²) in [5.41, 5.74) is 0. The molecule has 0 aromatic rings. The minimum absolute atomic E-state index is 0.153. The molecular weight excluding hydrogens is 234 g/mol. The number of hydrogen-bond acceptors (Lipinski definition) is 4. The van der Waals surface area contributed by atoms with Gasteiger partial charge in [-0.1, -0.05) is 34.6 Å². The van der Waals surface area contributed by atoms with Crippen molar-refractivity contribution in [3.8, 4) is 0 Å². The predicted octanol–water partition coefficient (Wildman–Crippen LogP) is 2.70. The second-order valence-electron chi connectivity index (χ2n) is 5.62. The van der Waals surface area contributed by atoms with Gasteiger partial charge in [0.15, 0.2) is 0 Å². The van der Waals surface area contributed by atoms with Gasteiger partial charge < -0.3 is 10.1 Å². The normalized spacial score (nSPS) is 13.8. The van der Waals surface area contributed by atoms with Crippen molar-refractivity contribution in [3.63, 3.8) is 0 Å². The molecule has 0 aliphatic rings. The Labute approximate surface area is 110 Å². The molecule has 0 fully saturated rings. The molecule has 17 heavy (non-hydrogen) atoms. The van der Waals surface area contributed by atoms with Gasteiger partial charge in [0.05, 0.1) is 7.11 Å². The largest absolute Gasteiger partial charge is 0.468 e. The third kappa shape index (κ3) is 9.48. The van der Waals surface area contributed by atoms with Gasteiger partial charge in [-0.05, 0) is 12.3 Å². The zero-order valence-corrected chi connectivity index (χ0v) is 12.8. The van der Waals surface area contributed by atoms with Crippen LogP contribution in [0.15, 0.2) is 0 Å².